The van der Waals surface area contributed by atoms with Crippen molar-refractivity contribution in [2.45, 2.75) is 32.2 Å². The number of amides is 1. The third-order valence-corrected chi connectivity index (χ3v) is 5.09. The molecule has 2 aliphatic heterocycles. The summed E-state index contributed by atoms with van der Waals surface area (Å²) in [6.07, 6.45) is 5.51. The Morgan fingerprint density at radius 2 is 2.09 bits per heavy atom. The Balaban J connectivity index is 1.74. The average Bonchev–Trinajstić information content (AvgIpc) is 2.89. The van der Waals surface area contributed by atoms with Crippen molar-refractivity contribution < 1.29 is 9.53 Å². The lowest BCUT2D eigenvalue weighted by Crippen LogP contribution is -2.40. The first-order valence-corrected chi connectivity index (χ1v) is 8.42. The monoisotopic (exact) mass is 316 g/mol. The molecule has 1 atom stereocenters. The summed E-state index contributed by atoms with van der Waals surface area (Å²) in [5.41, 5.74) is 0.986. The Labute approximate surface area is 135 Å². The summed E-state index contributed by atoms with van der Waals surface area (Å²) in [7, 11) is 1.64. The van der Waals surface area contributed by atoms with E-state index in [0.29, 0.717) is 10.9 Å². The van der Waals surface area contributed by atoms with E-state index in [-0.39, 0.29) is 5.91 Å². The number of amidine groups is 1. The number of methoxy groups -OCH3 is 1. The van der Waals surface area contributed by atoms with Crippen LogP contribution in [0.2, 0.25) is 0 Å². The fourth-order valence-corrected chi connectivity index (χ4v) is 3.80. The second-order valence-electron chi connectivity index (χ2n) is 5.62. The Morgan fingerprint density at radius 3 is 2.77 bits per heavy atom. The summed E-state index contributed by atoms with van der Waals surface area (Å²) < 4.78 is 5.15. The van der Waals surface area contributed by atoms with Gasteiger partial charge in [0.05, 0.1) is 12.0 Å². The van der Waals surface area contributed by atoms with Crippen LogP contribution in [-0.4, -0.2) is 35.7 Å². The van der Waals surface area contributed by atoms with Crippen LogP contribution in [-0.2, 0) is 4.79 Å². The first-order valence-electron chi connectivity index (χ1n) is 7.60. The molecule has 0 bridgehead atoms. The van der Waals surface area contributed by atoms with Crippen LogP contribution in [0.4, 0.5) is 0 Å². The van der Waals surface area contributed by atoms with Crippen LogP contribution in [0.5, 0.6) is 5.75 Å². The van der Waals surface area contributed by atoms with Gasteiger partial charge < -0.3 is 9.64 Å². The van der Waals surface area contributed by atoms with Crippen molar-refractivity contribution in [1.29, 1.82) is 0 Å². The lowest BCUT2D eigenvalue weighted by molar-refractivity contribution is -0.113. The van der Waals surface area contributed by atoms with Gasteiger partial charge in [-0.15, -0.1) is 0 Å². The van der Waals surface area contributed by atoms with Gasteiger partial charge in [0, 0.05) is 12.6 Å². The number of piperidine rings is 1. The highest BCUT2D eigenvalue weighted by Gasteiger charge is 2.29. The number of hydrogen-bond acceptors (Lipinski definition) is 4. The number of thioether (sulfide) groups is 1. The number of carbonyl (C=O) groups excluding carboxylic acids is 1. The summed E-state index contributed by atoms with van der Waals surface area (Å²) in [5, 5.41) is 0.858. The molecule has 2 heterocycles. The molecule has 1 aromatic rings. The molecule has 2 aliphatic rings. The van der Waals surface area contributed by atoms with Crippen molar-refractivity contribution in [2.24, 2.45) is 4.99 Å². The lowest BCUT2D eigenvalue weighted by Gasteiger charge is -2.34. The maximum absolute atomic E-state index is 12.1. The van der Waals surface area contributed by atoms with E-state index >= 15 is 0 Å². The van der Waals surface area contributed by atoms with Crippen LogP contribution in [0.15, 0.2) is 34.2 Å². The van der Waals surface area contributed by atoms with E-state index in [1.165, 1.54) is 31.0 Å². The van der Waals surface area contributed by atoms with Crippen molar-refractivity contribution in [1.82, 2.24) is 4.90 Å². The van der Waals surface area contributed by atoms with Gasteiger partial charge in [0.15, 0.2) is 5.17 Å². The predicted octanol–water partition coefficient (Wildman–Crippen LogP) is 3.54. The standard InChI is InChI=1S/C17H20N2O2S/c1-12-5-3-4-10-19(12)17-18-16(20)15(22-17)11-13-6-8-14(21-2)9-7-13/h6-9,11-12H,3-5,10H2,1-2H3/b15-11+/t12-/m1/s1. The minimum atomic E-state index is -0.131. The molecule has 5 heteroatoms. The predicted molar refractivity (Wildman–Crippen MR) is 91.0 cm³/mol. The Bertz CT molecular complexity index is 622. The van der Waals surface area contributed by atoms with Crippen molar-refractivity contribution >= 4 is 28.9 Å². The first-order chi connectivity index (χ1) is 10.7. The second kappa shape index (κ2) is 6.57. The maximum Gasteiger partial charge on any atom is 0.286 e. The number of aliphatic imine (C=N–C) groups is 1. The molecule has 0 saturated carbocycles. The molecule has 0 unspecified atom stereocenters. The average molecular weight is 316 g/mol. The Hall–Kier alpha value is -1.75. The van der Waals surface area contributed by atoms with Gasteiger partial charge in [0.2, 0.25) is 0 Å². The molecule has 3 rings (SSSR count). The number of likely N-dealkylation sites (tertiary alicyclic amines) is 1. The van der Waals surface area contributed by atoms with Crippen LogP contribution in [0, 0.1) is 0 Å². The highest BCUT2D eigenvalue weighted by atomic mass is 32.2. The third kappa shape index (κ3) is 3.19. The van der Waals surface area contributed by atoms with Crippen molar-refractivity contribution in [3.8, 4) is 5.75 Å². The second-order valence-corrected chi connectivity index (χ2v) is 6.63. The lowest BCUT2D eigenvalue weighted by atomic mass is 10.1. The topological polar surface area (TPSA) is 41.9 Å². The highest BCUT2D eigenvalue weighted by Crippen LogP contribution is 2.33. The van der Waals surface area contributed by atoms with E-state index in [2.05, 4.69) is 16.8 Å². The molecule has 0 N–H and O–H groups in total. The molecular formula is C17H20N2O2S. The van der Waals surface area contributed by atoms with Crippen LogP contribution in [0.1, 0.15) is 31.7 Å². The summed E-state index contributed by atoms with van der Waals surface area (Å²) in [4.78, 5) is 19.3. The molecule has 0 aromatic heterocycles. The van der Waals surface area contributed by atoms with Gasteiger partial charge in [-0.3, -0.25) is 4.79 Å². The number of benzene rings is 1. The molecule has 1 amide bonds. The van der Waals surface area contributed by atoms with Gasteiger partial charge in [-0.1, -0.05) is 12.1 Å². The van der Waals surface area contributed by atoms with Gasteiger partial charge in [-0.25, -0.2) is 0 Å². The van der Waals surface area contributed by atoms with Crippen LogP contribution in [0.3, 0.4) is 0 Å². The van der Waals surface area contributed by atoms with Crippen LogP contribution >= 0.6 is 11.8 Å². The molecule has 0 radical (unpaired) electrons. The summed E-state index contributed by atoms with van der Waals surface area (Å²) in [6, 6.07) is 8.14. The largest absolute Gasteiger partial charge is 0.497 e. The fraction of sp³-hybridized carbons (Fsp3) is 0.412. The van der Waals surface area contributed by atoms with E-state index in [1.54, 1.807) is 7.11 Å². The molecule has 0 spiro atoms. The van der Waals surface area contributed by atoms with E-state index in [0.717, 1.165) is 23.0 Å². The smallest absolute Gasteiger partial charge is 0.286 e. The first kappa shape index (κ1) is 15.2. The highest BCUT2D eigenvalue weighted by molar-refractivity contribution is 8.18. The van der Waals surface area contributed by atoms with Crippen molar-refractivity contribution in [3.63, 3.8) is 0 Å². The molecule has 0 aliphatic carbocycles. The van der Waals surface area contributed by atoms with Crippen LogP contribution < -0.4 is 4.74 Å². The maximum atomic E-state index is 12.1. The van der Waals surface area contributed by atoms with E-state index < -0.39 is 0 Å². The number of carbonyl (C=O) groups is 1. The zero-order valence-electron chi connectivity index (χ0n) is 12.9. The van der Waals surface area contributed by atoms with Gasteiger partial charge in [0.1, 0.15) is 5.75 Å². The van der Waals surface area contributed by atoms with E-state index in [1.807, 2.05) is 30.3 Å². The van der Waals surface area contributed by atoms with Gasteiger partial charge >= 0.3 is 0 Å². The number of rotatable bonds is 2. The molecule has 1 saturated heterocycles. The molecule has 116 valence electrons. The zero-order chi connectivity index (χ0) is 15.5. The number of hydrogen-bond donors (Lipinski definition) is 0. The fourth-order valence-electron chi connectivity index (χ4n) is 2.75. The minimum absolute atomic E-state index is 0.131. The van der Waals surface area contributed by atoms with E-state index in [9.17, 15) is 4.79 Å². The zero-order valence-corrected chi connectivity index (χ0v) is 13.7. The quantitative estimate of drug-likeness (QED) is 0.783. The van der Waals surface area contributed by atoms with Crippen molar-refractivity contribution in [2.75, 3.05) is 13.7 Å². The van der Waals surface area contributed by atoms with Crippen molar-refractivity contribution in [3.05, 3.63) is 34.7 Å². The molecular weight excluding hydrogens is 296 g/mol. The molecule has 1 fully saturated rings. The molecule has 1 aromatic carbocycles. The minimum Gasteiger partial charge on any atom is -0.497 e. The van der Waals surface area contributed by atoms with Crippen LogP contribution in [0.25, 0.3) is 6.08 Å². The Kier molecular flexibility index (Phi) is 4.52. The van der Waals surface area contributed by atoms with E-state index in [4.69, 9.17) is 4.74 Å². The molecule has 4 nitrogen and oxygen atoms in total. The summed E-state index contributed by atoms with van der Waals surface area (Å²) in [5.74, 6) is 0.681. The summed E-state index contributed by atoms with van der Waals surface area (Å²) >= 11 is 1.49. The third-order valence-electron chi connectivity index (χ3n) is 4.07. The molecule has 22 heavy (non-hydrogen) atoms. The van der Waals surface area contributed by atoms with Gasteiger partial charge in [0.25, 0.3) is 5.91 Å². The number of nitrogens with zero attached hydrogens (tertiary/aromatic N) is 2. The summed E-state index contributed by atoms with van der Waals surface area (Å²) in [6.45, 7) is 3.20. The normalized spacial score (nSPS) is 23.8. The SMILES string of the molecule is COc1ccc(/C=C2/SC(N3CCCC[C@H]3C)=NC2=O)cc1. The Morgan fingerprint density at radius 1 is 1.32 bits per heavy atom. The van der Waals surface area contributed by atoms with Gasteiger partial charge in [-0.05, 0) is 61.7 Å². The number of ether oxygens (including phenoxy) is 1. The van der Waals surface area contributed by atoms with Gasteiger partial charge in [-0.2, -0.15) is 4.99 Å².